The van der Waals surface area contributed by atoms with Crippen LogP contribution in [0.4, 0.5) is 14.5 Å². The van der Waals surface area contributed by atoms with Crippen LogP contribution >= 0.6 is 0 Å². The molecule has 3 heterocycles. The number of methoxy groups -OCH3 is 1. The molecule has 34 heavy (non-hydrogen) atoms. The number of sulfonamides is 1. The zero-order valence-corrected chi connectivity index (χ0v) is 17.8. The molecule has 2 N–H and O–H groups in total. The predicted molar refractivity (Wildman–Crippen MR) is 121 cm³/mol. The summed E-state index contributed by atoms with van der Waals surface area (Å²) >= 11 is 0. The largest absolute Gasteiger partial charge is 0.480 e. The molecule has 12 heteroatoms. The maximum atomic E-state index is 14.1. The van der Waals surface area contributed by atoms with Crippen molar-refractivity contribution in [2.45, 2.75) is 12.3 Å². The molecular weight excluding hydrogens is 468 g/mol. The van der Waals surface area contributed by atoms with E-state index in [1.807, 2.05) is 0 Å². The second-order valence-electron chi connectivity index (χ2n) is 6.59. The van der Waals surface area contributed by atoms with Crippen LogP contribution in [-0.4, -0.2) is 46.8 Å². The van der Waals surface area contributed by atoms with Gasteiger partial charge in [0.15, 0.2) is 5.65 Å². The summed E-state index contributed by atoms with van der Waals surface area (Å²) in [5.41, 5.74) is 1.56. The van der Waals surface area contributed by atoms with E-state index in [9.17, 15) is 17.2 Å². The number of ether oxygens (including phenoxy) is 1. The number of pyridine rings is 2. The molecule has 0 saturated carbocycles. The molecule has 0 atom stereocenters. The van der Waals surface area contributed by atoms with Gasteiger partial charge in [-0.2, -0.15) is 0 Å². The van der Waals surface area contributed by atoms with E-state index >= 15 is 0 Å². The third kappa shape index (κ3) is 4.80. The van der Waals surface area contributed by atoms with Gasteiger partial charge >= 0.3 is 0 Å². The molecule has 1 aromatic carbocycles. The predicted octanol–water partition coefficient (Wildman–Crippen LogP) is 2.86. The third-order valence-corrected chi connectivity index (χ3v) is 5.89. The molecule has 176 valence electrons. The van der Waals surface area contributed by atoms with Crippen molar-refractivity contribution < 1.29 is 27.0 Å². The zero-order valence-electron chi connectivity index (χ0n) is 17.0. The van der Waals surface area contributed by atoms with Crippen LogP contribution in [0.1, 0.15) is 13.3 Å². The lowest BCUT2D eigenvalue weighted by molar-refractivity contribution is 0.350. The van der Waals surface area contributed by atoms with Gasteiger partial charge in [0.25, 0.3) is 10.0 Å². The Morgan fingerprint density at radius 2 is 1.94 bits per heavy atom. The van der Waals surface area contributed by atoms with Crippen LogP contribution in [0, 0.1) is 23.5 Å². The van der Waals surface area contributed by atoms with Crippen LogP contribution in [0.3, 0.4) is 0 Å². The number of aromatic nitrogens is 4. The van der Waals surface area contributed by atoms with Gasteiger partial charge in [-0.15, -0.1) is 10.2 Å². The first-order valence-electron chi connectivity index (χ1n) is 9.29. The molecule has 0 spiro atoms. The lowest BCUT2D eigenvalue weighted by atomic mass is 10.1. The van der Waals surface area contributed by atoms with E-state index in [2.05, 4.69) is 31.7 Å². The number of fused-ring (bicyclic) bond motifs is 1. The minimum Gasteiger partial charge on any atom is -0.480 e. The summed E-state index contributed by atoms with van der Waals surface area (Å²) in [5.74, 6) is 3.29. The lowest BCUT2D eigenvalue weighted by Gasteiger charge is -2.13. The van der Waals surface area contributed by atoms with Crippen molar-refractivity contribution in [1.29, 1.82) is 0 Å². The van der Waals surface area contributed by atoms with Crippen molar-refractivity contribution in [1.82, 2.24) is 19.6 Å². The van der Waals surface area contributed by atoms with Crippen molar-refractivity contribution >= 4 is 21.4 Å². The lowest BCUT2D eigenvalue weighted by Crippen LogP contribution is -2.15. The van der Waals surface area contributed by atoms with E-state index in [4.69, 9.17) is 9.84 Å². The van der Waals surface area contributed by atoms with Crippen LogP contribution in [0.25, 0.3) is 16.8 Å². The second kappa shape index (κ2) is 9.82. The van der Waals surface area contributed by atoms with Gasteiger partial charge in [-0.3, -0.25) is 9.12 Å². The summed E-state index contributed by atoms with van der Waals surface area (Å²) < 4.78 is 61.7. The highest BCUT2D eigenvalue weighted by Gasteiger charge is 2.22. The van der Waals surface area contributed by atoms with Gasteiger partial charge < -0.3 is 9.84 Å². The Morgan fingerprint density at radius 1 is 1.15 bits per heavy atom. The first kappa shape index (κ1) is 24.6. The number of benzene rings is 1. The van der Waals surface area contributed by atoms with Gasteiger partial charge in [-0.05, 0) is 36.3 Å². The highest BCUT2D eigenvalue weighted by molar-refractivity contribution is 7.92. The molecule has 0 amide bonds. The average molecular weight is 487 g/mol. The highest BCUT2D eigenvalue weighted by Crippen LogP contribution is 2.31. The van der Waals surface area contributed by atoms with Crippen LogP contribution < -0.4 is 9.46 Å². The summed E-state index contributed by atoms with van der Waals surface area (Å²) in [5, 5.41) is 16.8. The van der Waals surface area contributed by atoms with Crippen molar-refractivity contribution in [2.24, 2.45) is 0 Å². The van der Waals surface area contributed by atoms with Crippen LogP contribution in [0.15, 0.2) is 53.7 Å². The smallest absolute Gasteiger partial charge is 0.264 e. The fourth-order valence-electron chi connectivity index (χ4n) is 3.00. The van der Waals surface area contributed by atoms with Gasteiger partial charge in [0.05, 0.1) is 7.11 Å². The number of aliphatic hydroxyl groups excluding tert-OH is 1. The Hall–Kier alpha value is -4.08. The van der Waals surface area contributed by atoms with Gasteiger partial charge in [0.1, 0.15) is 28.8 Å². The first-order chi connectivity index (χ1) is 15.8. The number of anilines is 1. The molecule has 0 radical (unpaired) electrons. The third-order valence-electron chi connectivity index (χ3n) is 4.49. The number of aliphatic hydroxyl groups is 1. The Bertz CT molecular complexity index is 1530. The van der Waals surface area contributed by atoms with Gasteiger partial charge in [0, 0.05) is 29.6 Å². The number of nitrogens with zero attached hydrogens (tertiary/aromatic N) is 4. The SMILES string of the molecule is C.COc1ncc(-c2ccc3nnc(C#CCO)n3c2)cc1NS(=O)(=O)c1ccc(F)cc1F. The summed E-state index contributed by atoms with van der Waals surface area (Å²) in [6.45, 7) is -0.338. The Morgan fingerprint density at radius 3 is 2.65 bits per heavy atom. The number of rotatable bonds is 5. The summed E-state index contributed by atoms with van der Waals surface area (Å²) in [4.78, 5) is 3.40. The van der Waals surface area contributed by atoms with E-state index in [1.54, 1.807) is 22.7 Å². The Kier molecular flexibility index (Phi) is 7.09. The summed E-state index contributed by atoms with van der Waals surface area (Å²) in [6.07, 6.45) is 3.12. The van der Waals surface area contributed by atoms with Crippen molar-refractivity contribution in [3.63, 3.8) is 0 Å². The number of hydrogen-bond acceptors (Lipinski definition) is 7. The van der Waals surface area contributed by atoms with Gasteiger partial charge in [-0.25, -0.2) is 22.2 Å². The molecule has 4 aromatic rings. The molecule has 0 aliphatic carbocycles. The maximum Gasteiger partial charge on any atom is 0.264 e. The van der Waals surface area contributed by atoms with E-state index in [0.717, 1.165) is 12.1 Å². The van der Waals surface area contributed by atoms with Crippen LogP contribution in [0.2, 0.25) is 0 Å². The minimum absolute atomic E-state index is 0. The molecule has 0 unspecified atom stereocenters. The molecule has 0 aliphatic heterocycles. The molecule has 0 saturated heterocycles. The zero-order chi connectivity index (χ0) is 23.6. The van der Waals surface area contributed by atoms with Crippen LogP contribution in [0.5, 0.6) is 5.88 Å². The second-order valence-corrected chi connectivity index (χ2v) is 8.24. The van der Waals surface area contributed by atoms with Crippen molar-refractivity contribution in [3.05, 3.63) is 66.3 Å². The fourth-order valence-corrected chi connectivity index (χ4v) is 4.11. The quantitative estimate of drug-likeness (QED) is 0.416. The molecule has 4 rings (SSSR count). The normalized spacial score (nSPS) is 10.8. The number of halogens is 2. The summed E-state index contributed by atoms with van der Waals surface area (Å²) in [7, 11) is -3.11. The Labute approximate surface area is 194 Å². The summed E-state index contributed by atoms with van der Waals surface area (Å²) in [6, 6.07) is 6.99. The fraction of sp³-hybridized carbons (Fsp3) is 0.136. The molecule has 3 aromatic heterocycles. The maximum absolute atomic E-state index is 14.1. The van der Waals surface area contributed by atoms with E-state index < -0.39 is 26.6 Å². The molecular formula is C22H19F2N5O4S. The van der Waals surface area contributed by atoms with E-state index in [0.29, 0.717) is 28.7 Å². The minimum atomic E-state index is -4.41. The van der Waals surface area contributed by atoms with Crippen molar-refractivity contribution in [3.8, 4) is 28.8 Å². The van der Waals surface area contributed by atoms with Crippen molar-refractivity contribution in [2.75, 3.05) is 18.4 Å². The topological polar surface area (TPSA) is 119 Å². The number of nitrogens with one attached hydrogen (secondary N) is 1. The molecule has 0 bridgehead atoms. The van der Waals surface area contributed by atoms with Gasteiger partial charge in [-0.1, -0.05) is 13.3 Å². The monoisotopic (exact) mass is 487 g/mol. The van der Waals surface area contributed by atoms with E-state index in [-0.39, 0.29) is 25.6 Å². The first-order valence-corrected chi connectivity index (χ1v) is 10.8. The standard InChI is InChI=1S/C21H15F2N5O4S.CH4/c1-32-21-17(27-33(30,31)18-6-5-15(22)10-16(18)23)9-14(11-24-21)13-4-7-20-26-25-19(3-2-8-29)28(20)12-13;/h4-7,9-12,27,29H,8H2,1H3;1H4. The van der Waals surface area contributed by atoms with Crippen LogP contribution in [-0.2, 0) is 10.0 Å². The average Bonchev–Trinajstić information content (AvgIpc) is 3.19. The number of hydrogen-bond donors (Lipinski definition) is 2. The Balaban J connectivity index is 0.00000324. The highest BCUT2D eigenvalue weighted by atomic mass is 32.2. The molecule has 0 fully saturated rings. The molecule has 0 aliphatic rings. The van der Waals surface area contributed by atoms with Gasteiger partial charge in [0.2, 0.25) is 11.7 Å². The molecule has 9 nitrogen and oxygen atoms in total. The van der Waals surface area contributed by atoms with E-state index in [1.165, 1.54) is 19.4 Å².